The Kier molecular flexibility index (Phi) is 6.88. The molecule has 2 N–H and O–H groups in total. The molecule has 3 heterocycles. The third kappa shape index (κ3) is 4.42. The summed E-state index contributed by atoms with van der Waals surface area (Å²) < 4.78 is 39.0. The first kappa shape index (κ1) is 26.1. The summed E-state index contributed by atoms with van der Waals surface area (Å²) in [7, 11) is 1.42. The van der Waals surface area contributed by atoms with E-state index in [2.05, 4.69) is 15.5 Å². The number of ether oxygens (including phenoxy) is 1. The average molecular weight is 532 g/mol. The summed E-state index contributed by atoms with van der Waals surface area (Å²) >= 11 is 0. The first-order valence-electron chi connectivity index (χ1n) is 12.5. The molecule has 0 aliphatic rings. The van der Waals surface area contributed by atoms with E-state index in [1.54, 1.807) is 35.3 Å². The van der Waals surface area contributed by atoms with E-state index in [0.717, 1.165) is 0 Å². The van der Waals surface area contributed by atoms with Gasteiger partial charge in [-0.1, -0.05) is 43.3 Å². The van der Waals surface area contributed by atoms with Gasteiger partial charge in [-0.25, -0.2) is 13.3 Å². The Balaban J connectivity index is 1.72. The van der Waals surface area contributed by atoms with Gasteiger partial charge in [0.1, 0.15) is 23.1 Å². The van der Waals surface area contributed by atoms with Crippen LogP contribution in [0.4, 0.5) is 14.5 Å². The Morgan fingerprint density at radius 2 is 1.69 bits per heavy atom. The molecular weight excluding hydrogens is 504 g/mol. The van der Waals surface area contributed by atoms with Crippen molar-refractivity contribution in [1.29, 1.82) is 0 Å². The van der Waals surface area contributed by atoms with Gasteiger partial charge in [0.15, 0.2) is 5.60 Å². The lowest BCUT2D eigenvalue weighted by atomic mass is 9.80. The second kappa shape index (κ2) is 10.3. The summed E-state index contributed by atoms with van der Waals surface area (Å²) in [6.45, 7) is 4.42. The van der Waals surface area contributed by atoms with E-state index in [-0.39, 0.29) is 28.1 Å². The summed E-state index contributed by atoms with van der Waals surface area (Å²) in [6, 6.07) is 12.9. The van der Waals surface area contributed by atoms with E-state index in [0.29, 0.717) is 29.7 Å². The molecule has 39 heavy (non-hydrogen) atoms. The van der Waals surface area contributed by atoms with Crippen LogP contribution < -0.4 is 10.1 Å². The zero-order valence-corrected chi connectivity index (χ0v) is 21.7. The minimum Gasteiger partial charge on any atom is -0.494 e. The SMILES string of the molecule is CCc1c(C(O)(c2ccccc2F)c2ccccc2F)nn2cc(OC)c(C(=O)Nc3cnn(CC)c3)cc12. The number of hydrogen-bond acceptors (Lipinski definition) is 5. The number of methoxy groups -OCH3 is 1. The van der Waals surface area contributed by atoms with Crippen molar-refractivity contribution < 1.29 is 23.4 Å². The van der Waals surface area contributed by atoms with Crippen LogP contribution in [-0.2, 0) is 18.6 Å². The Morgan fingerprint density at radius 3 is 2.23 bits per heavy atom. The molecule has 0 saturated heterocycles. The molecule has 3 aromatic heterocycles. The molecule has 0 unspecified atom stereocenters. The fourth-order valence-corrected chi connectivity index (χ4v) is 4.81. The number of aliphatic hydroxyl groups is 1. The molecule has 0 fully saturated rings. The van der Waals surface area contributed by atoms with Crippen LogP contribution in [0, 0.1) is 11.6 Å². The number of anilines is 1. The third-order valence-corrected chi connectivity index (χ3v) is 6.74. The molecule has 1 amide bonds. The molecule has 5 aromatic rings. The van der Waals surface area contributed by atoms with Crippen LogP contribution in [0.25, 0.3) is 5.52 Å². The quantitative estimate of drug-likeness (QED) is 0.296. The number of fused-ring (bicyclic) bond motifs is 1. The zero-order valence-electron chi connectivity index (χ0n) is 21.7. The van der Waals surface area contributed by atoms with Gasteiger partial charge in [-0.05, 0) is 31.5 Å². The summed E-state index contributed by atoms with van der Waals surface area (Å²) in [5, 5.41) is 23.8. The smallest absolute Gasteiger partial charge is 0.259 e. The van der Waals surface area contributed by atoms with Gasteiger partial charge in [0, 0.05) is 29.4 Å². The molecule has 0 spiro atoms. The van der Waals surface area contributed by atoms with Crippen LogP contribution >= 0.6 is 0 Å². The van der Waals surface area contributed by atoms with Crippen molar-refractivity contribution in [1.82, 2.24) is 19.4 Å². The predicted octanol–water partition coefficient (Wildman–Crippen LogP) is 4.94. The van der Waals surface area contributed by atoms with E-state index < -0.39 is 23.1 Å². The Hall–Kier alpha value is -4.57. The topological polar surface area (TPSA) is 93.7 Å². The molecule has 200 valence electrons. The minimum absolute atomic E-state index is 0.0454. The van der Waals surface area contributed by atoms with Crippen molar-refractivity contribution in [2.24, 2.45) is 0 Å². The molecule has 5 rings (SSSR count). The maximum Gasteiger partial charge on any atom is 0.259 e. The second-order valence-electron chi connectivity index (χ2n) is 8.97. The highest BCUT2D eigenvalue weighted by Crippen LogP contribution is 2.41. The highest BCUT2D eigenvalue weighted by atomic mass is 19.1. The standard InChI is InChI=1S/C29H27F2N5O3/c1-4-19-25-14-20(28(37)33-18-15-32-35(5-2)16-18)26(39-3)17-36(25)34-27(19)29(38,21-10-6-8-12-23(21)30)22-11-7-9-13-24(22)31/h6-17,38H,4-5H2,1-3H3,(H,33,37). The molecule has 0 aliphatic heterocycles. The van der Waals surface area contributed by atoms with E-state index in [1.165, 1.54) is 54.2 Å². The zero-order chi connectivity index (χ0) is 27.7. The van der Waals surface area contributed by atoms with E-state index in [9.17, 15) is 9.90 Å². The lowest BCUT2D eigenvalue weighted by molar-refractivity contribution is 0.102. The Morgan fingerprint density at radius 1 is 1.05 bits per heavy atom. The van der Waals surface area contributed by atoms with Crippen molar-refractivity contribution in [3.05, 3.63) is 113 Å². The van der Waals surface area contributed by atoms with Gasteiger partial charge in [0.05, 0.1) is 36.3 Å². The number of nitrogens with zero attached hydrogens (tertiary/aromatic N) is 4. The van der Waals surface area contributed by atoms with Gasteiger partial charge in [-0.2, -0.15) is 10.2 Å². The number of rotatable bonds is 8. The highest BCUT2D eigenvalue weighted by Gasteiger charge is 2.43. The van der Waals surface area contributed by atoms with E-state index in [4.69, 9.17) is 4.74 Å². The van der Waals surface area contributed by atoms with Crippen LogP contribution in [0.3, 0.4) is 0 Å². The third-order valence-electron chi connectivity index (χ3n) is 6.74. The molecule has 0 bridgehead atoms. The molecule has 0 radical (unpaired) electrons. The van der Waals surface area contributed by atoms with Crippen LogP contribution in [0.5, 0.6) is 5.75 Å². The van der Waals surface area contributed by atoms with Crippen molar-refractivity contribution in [3.63, 3.8) is 0 Å². The first-order valence-corrected chi connectivity index (χ1v) is 12.5. The molecule has 8 nitrogen and oxygen atoms in total. The van der Waals surface area contributed by atoms with E-state index in [1.807, 2.05) is 13.8 Å². The highest BCUT2D eigenvalue weighted by molar-refractivity contribution is 6.06. The van der Waals surface area contributed by atoms with Gasteiger partial charge in [0.2, 0.25) is 0 Å². The van der Waals surface area contributed by atoms with E-state index >= 15 is 8.78 Å². The number of benzene rings is 2. The maximum atomic E-state index is 15.2. The molecular formula is C29H27F2N5O3. The Bertz CT molecular complexity index is 1630. The lowest BCUT2D eigenvalue weighted by Crippen LogP contribution is -2.33. The van der Waals surface area contributed by atoms with Gasteiger partial charge in [-0.3, -0.25) is 9.48 Å². The summed E-state index contributed by atoms with van der Waals surface area (Å²) in [4.78, 5) is 13.3. The number of aromatic nitrogens is 4. The van der Waals surface area contributed by atoms with Gasteiger partial charge >= 0.3 is 0 Å². The maximum absolute atomic E-state index is 15.2. The number of amides is 1. The van der Waals surface area contributed by atoms with Gasteiger partial charge in [0.25, 0.3) is 5.91 Å². The van der Waals surface area contributed by atoms with Gasteiger partial charge in [-0.15, -0.1) is 0 Å². The summed E-state index contributed by atoms with van der Waals surface area (Å²) in [6.07, 6.45) is 5.11. The van der Waals surface area contributed by atoms with Crippen LogP contribution in [-0.4, -0.2) is 37.5 Å². The second-order valence-corrected chi connectivity index (χ2v) is 8.97. The van der Waals surface area contributed by atoms with Crippen molar-refractivity contribution in [2.45, 2.75) is 32.4 Å². The normalized spacial score (nSPS) is 11.6. The average Bonchev–Trinajstić information content (AvgIpc) is 3.56. The minimum atomic E-state index is -2.27. The van der Waals surface area contributed by atoms with Crippen molar-refractivity contribution in [3.8, 4) is 5.75 Å². The van der Waals surface area contributed by atoms with Crippen LogP contribution in [0.15, 0.2) is 73.2 Å². The largest absolute Gasteiger partial charge is 0.494 e. The number of nitrogens with one attached hydrogen (secondary N) is 1. The fourth-order valence-electron chi connectivity index (χ4n) is 4.81. The monoisotopic (exact) mass is 531 g/mol. The molecule has 0 aliphatic carbocycles. The fraction of sp³-hybridized carbons (Fsp3) is 0.207. The predicted molar refractivity (Wildman–Crippen MR) is 142 cm³/mol. The molecule has 10 heteroatoms. The number of carbonyl (C=O) groups excluding carboxylic acids is 1. The van der Waals surface area contributed by atoms with Crippen LogP contribution in [0.2, 0.25) is 0 Å². The van der Waals surface area contributed by atoms with Crippen LogP contribution in [0.1, 0.15) is 46.6 Å². The number of hydrogen-bond donors (Lipinski definition) is 2. The molecule has 2 aromatic carbocycles. The summed E-state index contributed by atoms with van der Waals surface area (Å²) in [5.41, 5.74) is -0.786. The number of carbonyl (C=O) groups is 1. The summed E-state index contributed by atoms with van der Waals surface area (Å²) in [5.74, 6) is -1.64. The lowest BCUT2D eigenvalue weighted by Gasteiger charge is -2.29. The first-order chi connectivity index (χ1) is 18.8. The van der Waals surface area contributed by atoms with Crippen molar-refractivity contribution >= 4 is 17.1 Å². The van der Waals surface area contributed by atoms with Crippen molar-refractivity contribution in [2.75, 3.05) is 12.4 Å². The number of aryl methyl sites for hydroxylation is 2. The Labute approximate surface area is 223 Å². The number of pyridine rings is 1. The van der Waals surface area contributed by atoms with Gasteiger partial charge < -0.3 is 15.2 Å². The number of halogens is 2. The molecule has 0 saturated carbocycles. The molecule has 0 atom stereocenters.